The van der Waals surface area contributed by atoms with Crippen LogP contribution in [0, 0.1) is 18.3 Å². The molecule has 1 amide bonds. The largest absolute Gasteiger partial charge is 0.416 e. The van der Waals surface area contributed by atoms with E-state index in [1.807, 2.05) is 19.0 Å². The fourth-order valence-electron chi connectivity index (χ4n) is 4.77. The highest BCUT2D eigenvalue weighted by Crippen LogP contribution is 2.32. The SMILES string of the molecule is Cc1c(-c2ccnn2-c2ccc(C#N)cc2CCN(C)C)n(C(=O)NC2CC2)c(=O)n1-c1cccc(C(F)(F)F)c1. The summed E-state index contributed by atoms with van der Waals surface area (Å²) in [6.45, 7) is 2.28. The molecule has 0 atom stereocenters. The number of imidazole rings is 1. The summed E-state index contributed by atoms with van der Waals surface area (Å²) in [5.74, 6) is 0. The van der Waals surface area contributed by atoms with Crippen molar-refractivity contribution >= 4 is 6.03 Å². The minimum Gasteiger partial charge on any atom is -0.335 e. The highest BCUT2D eigenvalue weighted by Gasteiger charge is 2.33. The fraction of sp³-hybridized carbons (Fsp3) is 0.310. The summed E-state index contributed by atoms with van der Waals surface area (Å²) < 4.78 is 44.2. The monoisotopic (exact) mass is 563 g/mol. The second-order valence-electron chi connectivity index (χ2n) is 10.3. The van der Waals surface area contributed by atoms with E-state index in [9.17, 15) is 28.0 Å². The lowest BCUT2D eigenvalue weighted by Gasteiger charge is -2.16. The van der Waals surface area contributed by atoms with E-state index in [2.05, 4.69) is 16.5 Å². The molecule has 2 aromatic carbocycles. The standard InChI is InChI=1S/C29H28F3N7O2/c1-18-26(25-11-13-34-39(25)24-10-7-19(17-33)15-20(24)12-14-36(2)3)38(27(40)35-22-8-9-22)28(41)37(18)23-6-4-5-21(16-23)29(30,31)32/h4-7,10-11,13,15-16,22H,8-9,12,14H2,1-3H3,(H,35,40). The van der Waals surface area contributed by atoms with Crippen LogP contribution in [0.1, 0.15) is 35.2 Å². The minimum absolute atomic E-state index is 0.0161. The Balaban J connectivity index is 1.72. The van der Waals surface area contributed by atoms with Crippen molar-refractivity contribution in [2.24, 2.45) is 0 Å². The van der Waals surface area contributed by atoms with Crippen LogP contribution in [0.15, 0.2) is 59.5 Å². The van der Waals surface area contributed by atoms with E-state index in [0.29, 0.717) is 29.9 Å². The quantitative estimate of drug-likeness (QED) is 0.357. The van der Waals surface area contributed by atoms with Crippen molar-refractivity contribution in [2.75, 3.05) is 20.6 Å². The second-order valence-corrected chi connectivity index (χ2v) is 10.3. The molecule has 0 bridgehead atoms. The lowest BCUT2D eigenvalue weighted by Crippen LogP contribution is -2.38. The average Bonchev–Trinajstić information content (AvgIpc) is 3.54. The van der Waals surface area contributed by atoms with Gasteiger partial charge in [0.15, 0.2) is 0 Å². The summed E-state index contributed by atoms with van der Waals surface area (Å²) in [6.07, 6.45) is -0.934. The van der Waals surface area contributed by atoms with Gasteiger partial charge >= 0.3 is 17.9 Å². The Labute approximate surface area is 234 Å². The first-order valence-electron chi connectivity index (χ1n) is 13.0. The molecule has 0 radical (unpaired) electrons. The van der Waals surface area contributed by atoms with Crippen molar-refractivity contribution in [1.29, 1.82) is 5.26 Å². The molecule has 1 N–H and O–H groups in total. The zero-order valence-corrected chi connectivity index (χ0v) is 22.7. The van der Waals surface area contributed by atoms with Gasteiger partial charge in [-0.3, -0.25) is 4.57 Å². The van der Waals surface area contributed by atoms with Crippen molar-refractivity contribution in [2.45, 2.75) is 38.4 Å². The Morgan fingerprint density at radius 2 is 1.93 bits per heavy atom. The number of carbonyl (C=O) groups excluding carboxylic acids is 1. The fourth-order valence-corrected chi connectivity index (χ4v) is 4.77. The van der Waals surface area contributed by atoms with Gasteiger partial charge in [0.1, 0.15) is 5.69 Å². The van der Waals surface area contributed by atoms with Gasteiger partial charge in [0.25, 0.3) is 0 Å². The van der Waals surface area contributed by atoms with Gasteiger partial charge in [-0.25, -0.2) is 18.8 Å². The van der Waals surface area contributed by atoms with Crippen molar-refractivity contribution in [3.63, 3.8) is 0 Å². The molecule has 1 fully saturated rings. The number of hydrogen-bond acceptors (Lipinski definition) is 5. The molecular formula is C29H28F3N7O2. The number of nitrogens with zero attached hydrogens (tertiary/aromatic N) is 6. The smallest absolute Gasteiger partial charge is 0.335 e. The Kier molecular flexibility index (Phi) is 7.31. The zero-order valence-electron chi connectivity index (χ0n) is 22.7. The van der Waals surface area contributed by atoms with Gasteiger partial charge in [0.05, 0.1) is 46.2 Å². The Morgan fingerprint density at radius 1 is 1.17 bits per heavy atom. The number of rotatable bonds is 7. The predicted octanol–water partition coefficient (Wildman–Crippen LogP) is 4.51. The van der Waals surface area contributed by atoms with Crippen LogP contribution in [0.3, 0.4) is 0 Å². The molecule has 0 aliphatic heterocycles. The van der Waals surface area contributed by atoms with Crippen LogP contribution in [-0.4, -0.2) is 56.5 Å². The van der Waals surface area contributed by atoms with E-state index in [4.69, 9.17) is 0 Å². The molecule has 2 heterocycles. The molecule has 0 unspecified atom stereocenters. The summed E-state index contributed by atoms with van der Waals surface area (Å²) in [6, 6.07) is 12.7. The highest BCUT2D eigenvalue weighted by atomic mass is 19.4. The maximum Gasteiger partial charge on any atom is 0.416 e. The van der Waals surface area contributed by atoms with Crippen LogP contribution in [0.2, 0.25) is 0 Å². The summed E-state index contributed by atoms with van der Waals surface area (Å²) in [5, 5.41) is 16.8. The van der Waals surface area contributed by atoms with Crippen molar-refractivity contribution < 1.29 is 18.0 Å². The van der Waals surface area contributed by atoms with Gasteiger partial charge in [-0.1, -0.05) is 6.07 Å². The van der Waals surface area contributed by atoms with Crippen LogP contribution in [0.4, 0.5) is 18.0 Å². The first-order chi connectivity index (χ1) is 19.5. The third kappa shape index (κ3) is 5.53. The zero-order chi connectivity index (χ0) is 29.5. The normalized spacial score (nSPS) is 13.4. The van der Waals surface area contributed by atoms with Crippen LogP contribution >= 0.6 is 0 Å². The number of carbonyl (C=O) groups is 1. The summed E-state index contributed by atoms with van der Waals surface area (Å²) >= 11 is 0. The number of amides is 1. The van der Waals surface area contributed by atoms with Crippen LogP contribution in [0.25, 0.3) is 22.8 Å². The Bertz CT molecular complexity index is 1720. The number of hydrogen-bond donors (Lipinski definition) is 1. The highest BCUT2D eigenvalue weighted by molar-refractivity contribution is 5.83. The van der Waals surface area contributed by atoms with Crippen LogP contribution < -0.4 is 11.0 Å². The molecule has 0 saturated heterocycles. The van der Waals surface area contributed by atoms with E-state index in [-0.39, 0.29) is 23.1 Å². The summed E-state index contributed by atoms with van der Waals surface area (Å²) in [4.78, 5) is 29.2. The molecule has 1 aliphatic carbocycles. The second kappa shape index (κ2) is 10.7. The first-order valence-corrected chi connectivity index (χ1v) is 13.0. The summed E-state index contributed by atoms with van der Waals surface area (Å²) in [7, 11) is 3.87. The molecule has 41 heavy (non-hydrogen) atoms. The van der Waals surface area contributed by atoms with Gasteiger partial charge in [-0.15, -0.1) is 0 Å². The van der Waals surface area contributed by atoms with Gasteiger partial charge in [-0.2, -0.15) is 23.5 Å². The number of benzene rings is 2. The van der Waals surface area contributed by atoms with Crippen LogP contribution in [0.5, 0.6) is 0 Å². The molecule has 4 aromatic rings. The average molecular weight is 564 g/mol. The van der Waals surface area contributed by atoms with Gasteiger partial charge < -0.3 is 10.2 Å². The third-order valence-electron chi connectivity index (χ3n) is 6.97. The number of nitriles is 1. The maximum absolute atomic E-state index is 13.8. The van der Waals surface area contributed by atoms with Gasteiger partial charge in [0.2, 0.25) is 0 Å². The van der Waals surface area contributed by atoms with E-state index in [1.54, 1.807) is 35.9 Å². The molecule has 5 rings (SSSR count). The first kappa shape index (κ1) is 27.9. The van der Waals surface area contributed by atoms with Crippen molar-refractivity contribution in [1.82, 2.24) is 29.1 Å². The lowest BCUT2D eigenvalue weighted by atomic mass is 10.1. The number of alkyl halides is 3. The minimum atomic E-state index is -4.61. The predicted molar refractivity (Wildman–Crippen MR) is 146 cm³/mol. The maximum atomic E-state index is 13.8. The van der Waals surface area contributed by atoms with Gasteiger partial charge in [-0.05, 0) is 88.3 Å². The molecular weight excluding hydrogens is 535 g/mol. The number of nitrogens with one attached hydrogen (secondary N) is 1. The van der Waals surface area contributed by atoms with E-state index >= 15 is 0 Å². The molecule has 9 nitrogen and oxygen atoms in total. The molecule has 212 valence electrons. The van der Waals surface area contributed by atoms with E-state index < -0.39 is 23.5 Å². The Morgan fingerprint density at radius 3 is 2.59 bits per heavy atom. The van der Waals surface area contributed by atoms with E-state index in [1.165, 1.54) is 18.3 Å². The molecule has 12 heteroatoms. The molecule has 2 aromatic heterocycles. The molecule has 0 spiro atoms. The molecule has 1 saturated carbocycles. The van der Waals surface area contributed by atoms with Gasteiger partial charge in [0, 0.05) is 12.6 Å². The number of likely N-dealkylation sites (N-methyl/N-ethyl adjacent to an activating group) is 1. The number of aromatic nitrogens is 4. The number of halogens is 3. The van der Waals surface area contributed by atoms with Crippen LogP contribution in [-0.2, 0) is 12.6 Å². The topological polar surface area (TPSA) is 101 Å². The molecule has 1 aliphatic rings. The van der Waals surface area contributed by atoms with E-state index in [0.717, 1.165) is 39.7 Å². The summed E-state index contributed by atoms with van der Waals surface area (Å²) in [5.41, 5.74) is 1.10. The van der Waals surface area contributed by atoms with Crippen molar-refractivity contribution in [3.05, 3.63) is 87.6 Å². The third-order valence-corrected chi connectivity index (χ3v) is 6.97. The Hall–Kier alpha value is -4.63. The lowest BCUT2D eigenvalue weighted by molar-refractivity contribution is -0.137. The van der Waals surface area contributed by atoms with Crippen molar-refractivity contribution in [3.8, 4) is 28.8 Å².